The van der Waals surface area contributed by atoms with Gasteiger partial charge in [0, 0.05) is 24.7 Å². The summed E-state index contributed by atoms with van der Waals surface area (Å²) in [6, 6.07) is 5.17. The predicted octanol–water partition coefficient (Wildman–Crippen LogP) is 2.32. The summed E-state index contributed by atoms with van der Waals surface area (Å²) in [6.07, 6.45) is 2.12. The summed E-state index contributed by atoms with van der Waals surface area (Å²) in [7, 11) is 0. The van der Waals surface area contributed by atoms with Gasteiger partial charge in [-0.3, -0.25) is 4.79 Å². The van der Waals surface area contributed by atoms with E-state index < -0.39 is 5.82 Å². The Morgan fingerprint density at radius 2 is 2.19 bits per heavy atom. The van der Waals surface area contributed by atoms with E-state index in [1.54, 1.807) is 6.07 Å². The van der Waals surface area contributed by atoms with E-state index >= 15 is 0 Å². The van der Waals surface area contributed by atoms with Crippen LogP contribution in [-0.2, 0) is 11.3 Å². The normalized spacial score (nSPS) is 14.0. The van der Waals surface area contributed by atoms with Gasteiger partial charge in [-0.1, -0.05) is 19.1 Å². The Labute approximate surface area is 125 Å². The molecule has 1 aromatic carbocycles. The van der Waals surface area contributed by atoms with Crippen LogP contribution in [0, 0.1) is 5.82 Å². The van der Waals surface area contributed by atoms with Gasteiger partial charge in [0.1, 0.15) is 0 Å². The molecule has 5 heteroatoms. The zero-order chi connectivity index (χ0) is 15.2. The molecular formula is C16H23FN2O2. The molecule has 0 aromatic heterocycles. The van der Waals surface area contributed by atoms with Gasteiger partial charge in [-0.05, 0) is 32.4 Å². The third-order valence-corrected chi connectivity index (χ3v) is 3.60. The van der Waals surface area contributed by atoms with Crippen LogP contribution in [0.5, 0.6) is 5.75 Å². The van der Waals surface area contributed by atoms with Gasteiger partial charge in [-0.2, -0.15) is 0 Å². The molecule has 1 aliphatic rings. The molecule has 0 bridgehead atoms. The van der Waals surface area contributed by atoms with E-state index in [4.69, 9.17) is 4.74 Å². The van der Waals surface area contributed by atoms with E-state index in [0.717, 1.165) is 24.9 Å². The Kier molecular flexibility index (Phi) is 5.56. The zero-order valence-corrected chi connectivity index (χ0v) is 12.7. The molecule has 1 N–H and O–H groups in total. The molecule has 1 aromatic rings. The summed E-state index contributed by atoms with van der Waals surface area (Å²) in [6.45, 7) is 5.82. The maximum Gasteiger partial charge on any atom is 0.260 e. The Hall–Kier alpha value is -1.62. The summed E-state index contributed by atoms with van der Waals surface area (Å²) >= 11 is 0. The van der Waals surface area contributed by atoms with Crippen LogP contribution in [0.4, 0.5) is 4.39 Å². The first-order chi connectivity index (χ1) is 10.2. The number of nitrogens with zero attached hydrogens (tertiary/aromatic N) is 1. The highest BCUT2D eigenvalue weighted by atomic mass is 19.1. The number of nitrogens with one attached hydrogen (secondary N) is 1. The number of amides is 1. The fourth-order valence-electron chi connectivity index (χ4n) is 2.36. The van der Waals surface area contributed by atoms with Gasteiger partial charge in [0.25, 0.3) is 5.91 Å². The van der Waals surface area contributed by atoms with Gasteiger partial charge in [-0.15, -0.1) is 0 Å². The second kappa shape index (κ2) is 7.41. The lowest BCUT2D eigenvalue weighted by Gasteiger charge is -2.21. The van der Waals surface area contributed by atoms with Crippen LogP contribution >= 0.6 is 0 Å². The average Bonchev–Trinajstić information content (AvgIpc) is 3.29. The van der Waals surface area contributed by atoms with Crippen LogP contribution in [0.15, 0.2) is 18.2 Å². The van der Waals surface area contributed by atoms with Crippen molar-refractivity contribution in [1.82, 2.24) is 10.2 Å². The smallest absolute Gasteiger partial charge is 0.260 e. The number of halogens is 1. The Balaban J connectivity index is 1.99. The molecule has 0 atom stereocenters. The lowest BCUT2D eigenvalue weighted by molar-refractivity contribution is -0.133. The molecular weight excluding hydrogens is 271 g/mol. The highest BCUT2D eigenvalue weighted by Crippen LogP contribution is 2.27. The lowest BCUT2D eigenvalue weighted by Crippen LogP contribution is -2.36. The molecule has 0 spiro atoms. The number of carbonyl (C=O) groups is 1. The van der Waals surface area contributed by atoms with E-state index in [0.29, 0.717) is 19.1 Å². The van der Waals surface area contributed by atoms with Crippen molar-refractivity contribution in [3.8, 4) is 5.75 Å². The first-order valence-electron chi connectivity index (χ1n) is 7.57. The van der Waals surface area contributed by atoms with Gasteiger partial charge in [0.05, 0.1) is 0 Å². The highest BCUT2D eigenvalue weighted by Gasteiger charge is 2.31. The number of hydrogen-bond acceptors (Lipinski definition) is 3. The second-order valence-corrected chi connectivity index (χ2v) is 5.21. The Morgan fingerprint density at radius 3 is 2.81 bits per heavy atom. The molecule has 116 valence electrons. The first-order valence-corrected chi connectivity index (χ1v) is 7.57. The number of benzene rings is 1. The maximum atomic E-state index is 13.9. The van der Waals surface area contributed by atoms with Gasteiger partial charge in [0.15, 0.2) is 18.2 Å². The van der Waals surface area contributed by atoms with Crippen LogP contribution in [0.3, 0.4) is 0 Å². The SMILES string of the molecule is CCNCc1cccc(F)c1OCC(=O)N(CC)C1CC1. The van der Waals surface area contributed by atoms with Crippen molar-refractivity contribution >= 4 is 5.91 Å². The van der Waals surface area contributed by atoms with Crippen LogP contribution in [0.1, 0.15) is 32.3 Å². The van der Waals surface area contributed by atoms with Crippen molar-refractivity contribution in [2.75, 3.05) is 19.7 Å². The van der Waals surface area contributed by atoms with Gasteiger partial charge < -0.3 is 15.0 Å². The van der Waals surface area contributed by atoms with E-state index in [-0.39, 0.29) is 18.3 Å². The number of para-hydroxylation sites is 1. The average molecular weight is 294 g/mol. The van der Waals surface area contributed by atoms with E-state index in [1.165, 1.54) is 6.07 Å². The number of ether oxygens (including phenoxy) is 1. The molecule has 21 heavy (non-hydrogen) atoms. The standard InChI is InChI=1S/C16H23FN2O2/c1-3-18-10-12-6-5-7-14(17)16(12)21-11-15(20)19(4-2)13-8-9-13/h5-7,13,18H,3-4,8-11H2,1-2H3. The molecule has 0 aliphatic heterocycles. The van der Waals surface area contributed by atoms with Crippen molar-refractivity contribution in [3.63, 3.8) is 0 Å². The van der Waals surface area contributed by atoms with E-state index in [2.05, 4.69) is 5.32 Å². The summed E-state index contributed by atoms with van der Waals surface area (Å²) in [4.78, 5) is 13.9. The third-order valence-electron chi connectivity index (χ3n) is 3.60. The third kappa shape index (κ3) is 4.17. The monoisotopic (exact) mass is 294 g/mol. The van der Waals surface area contributed by atoms with Crippen molar-refractivity contribution in [1.29, 1.82) is 0 Å². The number of hydrogen-bond donors (Lipinski definition) is 1. The predicted molar refractivity (Wildman–Crippen MR) is 79.7 cm³/mol. The van der Waals surface area contributed by atoms with Crippen LogP contribution in [-0.4, -0.2) is 36.5 Å². The summed E-state index contributed by atoms with van der Waals surface area (Å²) < 4.78 is 19.4. The highest BCUT2D eigenvalue weighted by molar-refractivity contribution is 5.78. The van der Waals surface area contributed by atoms with Crippen molar-refractivity contribution in [2.45, 2.75) is 39.3 Å². The van der Waals surface area contributed by atoms with Crippen LogP contribution in [0.25, 0.3) is 0 Å². The molecule has 1 fully saturated rings. The Morgan fingerprint density at radius 1 is 1.43 bits per heavy atom. The first kappa shape index (κ1) is 15.8. The fourth-order valence-corrected chi connectivity index (χ4v) is 2.36. The topological polar surface area (TPSA) is 41.6 Å². The van der Waals surface area contributed by atoms with E-state index in [9.17, 15) is 9.18 Å². The zero-order valence-electron chi connectivity index (χ0n) is 12.7. The largest absolute Gasteiger partial charge is 0.480 e. The van der Waals surface area contributed by atoms with Crippen molar-refractivity contribution in [3.05, 3.63) is 29.6 Å². The second-order valence-electron chi connectivity index (χ2n) is 5.21. The lowest BCUT2D eigenvalue weighted by atomic mass is 10.2. The van der Waals surface area contributed by atoms with Crippen LogP contribution in [0.2, 0.25) is 0 Å². The molecule has 0 heterocycles. The van der Waals surface area contributed by atoms with Gasteiger partial charge in [-0.25, -0.2) is 4.39 Å². The summed E-state index contributed by atoms with van der Waals surface area (Å²) in [5.74, 6) is -0.316. The van der Waals surface area contributed by atoms with Gasteiger partial charge in [0.2, 0.25) is 0 Å². The van der Waals surface area contributed by atoms with Crippen molar-refractivity contribution in [2.24, 2.45) is 0 Å². The minimum atomic E-state index is -0.423. The summed E-state index contributed by atoms with van der Waals surface area (Å²) in [5, 5.41) is 3.14. The molecule has 2 rings (SSSR count). The quantitative estimate of drug-likeness (QED) is 0.800. The molecule has 0 saturated heterocycles. The minimum Gasteiger partial charge on any atom is -0.480 e. The molecule has 1 saturated carbocycles. The van der Waals surface area contributed by atoms with Gasteiger partial charge >= 0.3 is 0 Å². The fraction of sp³-hybridized carbons (Fsp3) is 0.562. The molecule has 0 radical (unpaired) electrons. The number of carbonyl (C=O) groups excluding carboxylic acids is 1. The van der Waals surface area contributed by atoms with E-state index in [1.807, 2.05) is 24.8 Å². The summed E-state index contributed by atoms with van der Waals surface area (Å²) in [5.41, 5.74) is 0.735. The number of rotatable bonds is 8. The minimum absolute atomic E-state index is 0.0716. The molecule has 0 unspecified atom stereocenters. The number of likely N-dealkylation sites (N-methyl/N-ethyl adjacent to an activating group) is 1. The Bertz CT molecular complexity index is 489. The van der Waals surface area contributed by atoms with Crippen molar-refractivity contribution < 1.29 is 13.9 Å². The molecule has 1 amide bonds. The van der Waals surface area contributed by atoms with Crippen LogP contribution < -0.4 is 10.1 Å². The maximum absolute atomic E-state index is 13.9. The molecule has 4 nitrogen and oxygen atoms in total. The molecule has 1 aliphatic carbocycles.